The maximum atomic E-state index is 5.50. The smallest absolute Gasteiger partial charge is 0.0533 e. The van der Waals surface area contributed by atoms with E-state index in [1.807, 2.05) is 7.11 Å². The molecule has 0 radical (unpaired) electrons. The lowest BCUT2D eigenvalue weighted by atomic mass is 9.80. The van der Waals surface area contributed by atoms with Gasteiger partial charge in [0.15, 0.2) is 0 Å². The van der Waals surface area contributed by atoms with Crippen LogP contribution in [-0.4, -0.2) is 26.8 Å². The number of piperidine rings is 1. The van der Waals surface area contributed by atoms with Gasteiger partial charge in [-0.3, -0.25) is 0 Å². The Balaban J connectivity index is 1.91. The van der Waals surface area contributed by atoms with E-state index in [0.717, 1.165) is 25.6 Å². The summed E-state index contributed by atoms with van der Waals surface area (Å²) in [7, 11) is 1.81. The first-order chi connectivity index (χ1) is 9.88. The molecule has 1 aliphatic heterocycles. The van der Waals surface area contributed by atoms with Gasteiger partial charge in [0.05, 0.1) is 6.61 Å². The minimum absolute atomic E-state index is 0.520. The topological polar surface area (TPSA) is 21.3 Å². The second-order valence-electron chi connectivity index (χ2n) is 5.76. The molecule has 2 heteroatoms. The molecule has 0 aliphatic carbocycles. The fraction of sp³-hybridized carbons (Fsp3) is 0.444. The van der Waals surface area contributed by atoms with Gasteiger partial charge in [-0.15, -0.1) is 0 Å². The van der Waals surface area contributed by atoms with Crippen LogP contribution in [0.1, 0.15) is 24.3 Å². The lowest BCUT2D eigenvalue weighted by Crippen LogP contribution is -2.32. The van der Waals surface area contributed by atoms with E-state index in [1.54, 1.807) is 0 Å². The van der Waals surface area contributed by atoms with Crippen molar-refractivity contribution < 1.29 is 4.74 Å². The van der Waals surface area contributed by atoms with Gasteiger partial charge >= 0.3 is 0 Å². The van der Waals surface area contributed by atoms with Gasteiger partial charge in [-0.2, -0.15) is 0 Å². The first-order valence-corrected chi connectivity index (χ1v) is 7.57. The fourth-order valence-electron chi connectivity index (χ4n) is 3.37. The summed E-state index contributed by atoms with van der Waals surface area (Å²) in [4.78, 5) is 0. The molecule has 0 spiro atoms. The summed E-state index contributed by atoms with van der Waals surface area (Å²) in [6, 6.07) is 15.5. The normalized spacial score (nSPS) is 18.2. The molecule has 0 aromatic heterocycles. The molecule has 0 amide bonds. The molecular formula is C18H23NO. The minimum atomic E-state index is 0.520. The largest absolute Gasteiger partial charge is 0.384 e. The van der Waals surface area contributed by atoms with Gasteiger partial charge in [-0.05, 0) is 48.2 Å². The van der Waals surface area contributed by atoms with Crippen molar-refractivity contribution in [2.24, 2.45) is 5.92 Å². The molecule has 2 aromatic carbocycles. The Morgan fingerprint density at radius 2 is 1.85 bits per heavy atom. The molecule has 1 N–H and O–H groups in total. The summed E-state index contributed by atoms with van der Waals surface area (Å²) in [5.74, 6) is 1.25. The molecule has 1 heterocycles. The van der Waals surface area contributed by atoms with Crippen molar-refractivity contribution in [3.05, 3.63) is 48.0 Å². The van der Waals surface area contributed by atoms with E-state index in [2.05, 4.69) is 47.8 Å². The standard InChI is InChI=1S/C18H23NO/c1-20-13-18(15-8-10-19-11-9-15)17-7-6-14-4-2-3-5-16(14)12-17/h2-7,12,15,18-19H,8-11,13H2,1H3. The lowest BCUT2D eigenvalue weighted by molar-refractivity contribution is 0.144. The third kappa shape index (κ3) is 2.87. The maximum absolute atomic E-state index is 5.50. The van der Waals surface area contributed by atoms with Crippen LogP contribution in [0.3, 0.4) is 0 Å². The molecule has 1 atom stereocenters. The number of nitrogens with one attached hydrogen (secondary N) is 1. The third-order valence-electron chi connectivity index (χ3n) is 4.50. The van der Waals surface area contributed by atoms with E-state index >= 15 is 0 Å². The van der Waals surface area contributed by atoms with Gasteiger partial charge in [0.25, 0.3) is 0 Å². The van der Waals surface area contributed by atoms with E-state index in [0.29, 0.717) is 5.92 Å². The highest BCUT2D eigenvalue weighted by molar-refractivity contribution is 5.83. The van der Waals surface area contributed by atoms with Gasteiger partial charge in [0, 0.05) is 13.0 Å². The van der Waals surface area contributed by atoms with Gasteiger partial charge in [-0.1, -0.05) is 42.5 Å². The van der Waals surface area contributed by atoms with Crippen LogP contribution in [-0.2, 0) is 4.74 Å². The van der Waals surface area contributed by atoms with Crippen LogP contribution in [0.5, 0.6) is 0 Å². The molecule has 1 fully saturated rings. The monoisotopic (exact) mass is 269 g/mol. The number of methoxy groups -OCH3 is 1. The number of fused-ring (bicyclic) bond motifs is 1. The van der Waals surface area contributed by atoms with E-state index in [9.17, 15) is 0 Å². The van der Waals surface area contributed by atoms with E-state index < -0.39 is 0 Å². The average Bonchev–Trinajstić information content (AvgIpc) is 2.53. The van der Waals surface area contributed by atoms with Crippen LogP contribution in [0, 0.1) is 5.92 Å². The highest BCUT2D eigenvalue weighted by Gasteiger charge is 2.25. The van der Waals surface area contributed by atoms with Gasteiger partial charge in [-0.25, -0.2) is 0 Å². The first-order valence-electron chi connectivity index (χ1n) is 7.57. The first kappa shape index (κ1) is 13.6. The van der Waals surface area contributed by atoms with Crippen molar-refractivity contribution in [1.29, 1.82) is 0 Å². The summed E-state index contributed by atoms with van der Waals surface area (Å²) in [6.07, 6.45) is 2.50. The third-order valence-corrected chi connectivity index (χ3v) is 4.50. The van der Waals surface area contributed by atoms with Crippen molar-refractivity contribution in [2.45, 2.75) is 18.8 Å². The van der Waals surface area contributed by atoms with E-state index in [-0.39, 0.29) is 0 Å². The Hall–Kier alpha value is -1.38. The minimum Gasteiger partial charge on any atom is -0.384 e. The highest BCUT2D eigenvalue weighted by Crippen LogP contribution is 2.32. The second-order valence-corrected chi connectivity index (χ2v) is 5.76. The van der Waals surface area contributed by atoms with Crippen LogP contribution < -0.4 is 5.32 Å². The molecule has 1 aliphatic rings. The Morgan fingerprint density at radius 3 is 2.60 bits per heavy atom. The van der Waals surface area contributed by atoms with E-state index in [4.69, 9.17) is 4.74 Å². The van der Waals surface area contributed by atoms with Crippen LogP contribution in [0.25, 0.3) is 10.8 Å². The molecule has 20 heavy (non-hydrogen) atoms. The maximum Gasteiger partial charge on any atom is 0.0533 e. The number of rotatable bonds is 4. The van der Waals surface area contributed by atoms with Gasteiger partial charge in [0.2, 0.25) is 0 Å². The summed E-state index contributed by atoms with van der Waals surface area (Å²) >= 11 is 0. The molecule has 2 nitrogen and oxygen atoms in total. The fourth-order valence-corrected chi connectivity index (χ4v) is 3.37. The zero-order valence-electron chi connectivity index (χ0n) is 12.1. The van der Waals surface area contributed by atoms with Crippen molar-refractivity contribution in [3.63, 3.8) is 0 Å². The molecule has 3 rings (SSSR count). The Labute approximate surface area is 121 Å². The molecule has 1 saturated heterocycles. The molecule has 1 unspecified atom stereocenters. The van der Waals surface area contributed by atoms with Crippen LogP contribution in [0.15, 0.2) is 42.5 Å². The van der Waals surface area contributed by atoms with Crippen molar-refractivity contribution >= 4 is 10.8 Å². The SMILES string of the molecule is COCC(c1ccc2ccccc2c1)C1CCNCC1. The number of hydrogen-bond donors (Lipinski definition) is 1. The summed E-state index contributed by atoms with van der Waals surface area (Å²) in [5, 5.41) is 6.10. The zero-order chi connectivity index (χ0) is 13.8. The lowest BCUT2D eigenvalue weighted by Gasteiger charge is -2.30. The average molecular weight is 269 g/mol. The number of benzene rings is 2. The summed E-state index contributed by atoms with van der Waals surface area (Å²) in [6.45, 7) is 3.10. The predicted molar refractivity (Wildman–Crippen MR) is 84.2 cm³/mol. The second kappa shape index (κ2) is 6.38. The Bertz CT molecular complexity index is 560. The van der Waals surface area contributed by atoms with Crippen LogP contribution in [0.2, 0.25) is 0 Å². The number of ether oxygens (including phenoxy) is 1. The Morgan fingerprint density at radius 1 is 1.10 bits per heavy atom. The summed E-state index contributed by atoms with van der Waals surface area (Å²) in [5.41, 5.74) is 1.43. The van der Waals surface area contributed by atoms with Gasteiger partial charge < -0.3 is 10.1 Å². The van der Waals surface area contributed by atoms with Crippen molar-refractivity contribution in [3.8, 4) is 0 Å². The van der Waals surface area contributed by atoms with Crippen LogP contribution >= 0.6 is 0 Å². The highest BCUT2D eigenvalue weighted by atomic mass is 16.5. The molecule has 0 saturated carbocycles. The molecule has 2 aromatic rings. The summed E-state index contributed by atoms with van der Waals surface area (Å²) < 4.78 is 5.50. The van der Waals surface area contributed by atoms with Gasteiger partial charge in [0.1, 0.15) is 0 Å². The van der Waals surface area contributed by atoms with Crippen molar-refractivity contribution in [2.75, 3.05) is 26.8 Å². The molecule has 106 valence electrons. The van der Waals surface area contributed by atoms with E-state index in [1.165, 1.54) is 29.2 Å². The molecular weight excluding hydrogens is 246 g/mol. The zero-order valence-corrected chi connectivity index (χ0v) is 12.1. The predicted octanol–water partition coefficient (Wildman–Crippen LogP) is 3.57. The van der Waals surface area contributed by atoms with Crippen LogP contribution in [0.4, 0.5) is 0 Å². The quantitative estimate of drug-likeness (QED) is 0.916. The van der Waals surface area contributed by atoms with Crippen molar-refractivity contribution in [1.82, 2.24) is 5.32 Å². The number of hydrogen-bond acceptors (Lipinski definition) is 2. The Kier molecular flexibility index (Phi) is 4.34. The molecule has 0 bridgehead atoms.